The average molecular weight is 313 g/mol. The molecule has 0 radical (unpaired) electrons. The van der Waals surface area contributed by atoms with Crippen LogP contribution in [0.3, 0.4) is 0 Å². The number of aliphatic hydroxyl groups excluding tert-OH is 1. The van der Waals surface area contributed by atoms with Crippen LogP contribution in [0.15, 0.2) is 54.6 Å². The second-order valence-electron chi connectivity index (χ2n) is 5.31. The van der Waals surface area contributed by atoms with Crippen LogP contribution >= 0.6 is 0 Å². The Morgan fingerprint density at radius 2 is 1.74 bits per heavy atom. The first-order chi connectivity index (χ1) is 11.2. The van der Waals surface area contributed by atoms with Crippen molar-refractivity contribution in [3.05, 3.63) is 71.3 Å². The van der Waals surface area contributed by atoms with Crippen LogP contribution in [-0.2, 0) is 22.7 Å². The van der Waals surface area contributed by atoms with Gasteiger partial charge in [-0.1, -0.05) is 54.6 Å². The zero-order valence-corrected chi connectivity index (χ0v) is 13.4. The van der Waals surface area contributed by atoms with E-state index in [9.17, 15) is 9.90 Å². The van der Waals surface area contributed by atoms with Gasteiger partial charge < -0.3 is 15.2 Å². The maximum atomic E-state index is 12.0. The number of nitrogens with one attached hydrogen (secondary N) is 1. The fraction of sp³-hybridized carbons (Fsp3) is 0.316. The summed E-state index contributed by atoms with van der Waals surface area (Å²) in [6.45, 7) is 3.58. The molecule has 0 fully saturated rings. The van der Waals surface area contributed by atoms with E-state index in [0.29, 0.717) is 19.8 Å². The molecule has 0 saturated carbocycles. The maximum Gasteiger partial charge on any atom is 0.223 e. The first kappa shape index (κ1) is 17.2. The molecular weight excluding hydrogens is 290 g/mol. The van der Waals surface area contributed by atoms with E-state index in [1.807, 2.05) is 61.5 Å². The van der Waals surface area contributed by atoms with Crippen LogP contribution < -0.4 is 5.32 Å². The molecule has 0 heterocycles. The maximum absolute atomic E-state index is 12.0. The Balaban J connectivity index is 1.87. The topological polar surface area (TPSA) is 58.6 Å². The molecule has 0 aliphatic rings. The fourth-order valence-corrected chi connectivity index (χ4v) is 2.32. The van der Waals surface area contributed by atoms with Crippen molar-refractivity contribution >= 4 is 5.91 Å². The molecule has 1 atom stereocenters. The predicted octanol–water partition coefficient (Wildman–Crippen LogP) is 2.96. The normalized spacial score (nSPS) is 11.9. The summed E-state index contributed by atoms with van der Waals surface area (Å²) < 4.78 is 5.44. The van der Waals surface area contributed by atoms with E-state index in [-0.39, 0.29) is 12.3 Å². The average Bonchev–Trinajstić information content (AvgIpc) is 2.59. The largest absolute Gasteiger partial charge is 0.388 e. The van der Waals surface area contributed by atoms with E-state index in [1.165, 1.54) is 0 Å². The van der Waals surface area contributed by atoms with Gasteiger partial charge in [0.25, 0.3) is 0 Å². The quantitative estimate of drug-likeness (QED) is 0.788. The van der Waals surface area contributed by atoms with Crippen LogP contribution in [0, 0.1) is 0 Å². The molecule has 2 aromatic carbocycles. The summed E-state index contributed by atoms with van der Waals surface area (Å²) >= 11 is 0. The molecule has 1 unspecified atom stereocenters. The standard InChI is InChI=1S/C19H23NO3/c1-2-23-14-17-11-7-6-10-16(17)13-20-19(22)12-18(21)15-8-4-3-5-9-15/h3-11,18,21H,2,12-14H2,1H3,(H,20,22). The smallest absolute Gasteiger partial charge is 0.223 e. The molecule has 0 aliphatic heterocycles. The minimum atomic E-state index is -0.783. The molecule has 1 amide bonds. The van der Waals surface area contributed by atoms with Gasteiger partial charge >= 0.3 is 0 Å². The number of hydrogen-bond acceptors (Lipinski definition) is 3. The summed E-state index contributed by atoms with van der Waals surface area (Å²) in [5, 5.41) is 12.9. The van der Waals surface area contributed by atoms with Crippen molar-refractivity contribution in [2.75, 3.05) is 6.61 Å². The Labute approximate surface area is 137 Å². The molecule has 4 heteroatoms. The third-order valence-electron chi connectivity index (χ3n) is 3.62. The molecule has 0 spiro atoms. The van der Waals surface area contributed by atoms with Gasteiger partial charge in [-0.25, -0.2) is 0 Å². The second kappa shape index (κ2) is 9.08. The zero-order chi connectivity index (χ0) is 16.5. The van der Waals surface area contributed by atoms with Crippen molar-refractivity contribution in [3.8, 4) is 0 Å². The second-order valence-corrected chi connectivity index (χ2v) is 5.31. The number of rotatable bonds is 8. The van der Waals surface area contributed by atoms with E-state index in [2.05, 4.69) is 5.32 Å². The number of benzene rings is 2. The van der Waals surface area contributed by atoms with Crippen molar-refractivity contribution in [2.45, 2.75) is 32.6 Å². The number of ether oxygens (including phenoxy) is 1. The highest BCUT2D eigenvalue weighted by atomic mass is 16.5. The van der Waals surface area contributed by atoms with Crippen molar-refractivity contribution in [3.63, 3.8) is 0 Å². The molecule has 23 heavy (non-hydrogen) atoms. The molecule has 0 aliphatic carbocycles. The predicted molar refractivity (Wildman–Crippen MR) is 89.6 cm³/mol. The third-order valence-corrected chi connectivity index (χ3v) is 3.62. The van der Waals surface area contributed by atoms with Crippen molar-refractivity contribution < 1.29 is 14.6 Å². The molecule has 0 aromatic heterocycles. The van der Waals surface area contributed by atoms with Gasteiger partial charge in [0.1, 0.15) is 0 Å². The van der Waals surface area contributed by atoms with E-state index in [4.69, 9.17) is 4.74 Å². The minimum Gasteiger partial charge on any atom is -0.388 e. The summed E-state index contributed by atoms with van der Waals surface area (Å²) in [6.07, 6.45) is -0.729. The first-order valence-corrected chi connectivity index (χ1v) is 7.85. The Morgan fingerprint density at radius 3 is 2.43 bits per heavy atom. The lowest BCUT2D eigenvalue weighted by molar-refractivity contribution is -0.123. The Bertz CT molecular complexity index is 613. The SMILES string of the molecule is CCOCc1ccccc1CNC(=O)CC(O)c1ccccc1. The van der Waals surface area contributed by atoms with Gasteiger partial charge in [0.05, 0.1) is 19.1 Å². The van der Waals surface area contributed by atoms with E-state index < -0.39 is 6.10 Å². The molecule has 2 N–H and O–H groups in total. The highest BCUT2D eigenvalue weighted by Gasteiger charge is 2.13. The van der Waals surface area contributed by atoms with Gasteiger partial charge in [-0.3, -0.25) is 4.79 Å². The van der Waals surface area contributed by atoms with Crippen LogP contribution in [0.4, 0.5) is 0 Å². The Kier molecular flexibility index (Phi) is 6.78. The molecule has 4 nitrogen and oxygen atoms in total. The number of amides is 1. The van der Waals surface area contributed by atoms with E-state index >= 15 is 0 Å². The Hall–Kier alpha value is -2.17. The Morgan fingerprint density at radius 1 is 1.09 bits per heavy atom. The van der Waals surface area contributed by atoms with E-state index in [1.54, 1.807) is 0 Å². The molecule has 2 aromatic rings. The molecular formula is C19H23NO3. The highest BCUT2D eigenvalue weighted by molar-refractivity contribution is 5.76. The monoisotopic (exact) mass is 313 g/mol. The molecule has 0 saturated heterocycles. The lowest BCUT2D eigenvalue weighted by Crippen LogP contribution is -2.25. The van der Waals surface area contributed by atoms with Crippen LogP contribution in [-0.4, -0.2) is 17.6 Å². The van der Waals surface area contributed by atoms with Crippen LogP contribution in [0.25, 0.3) is 0 Å². The summed E-state index contributed by atoms with van der Waals surface area (Å²) in [6, 6.07) is 17.1. The number of carbonyl (C=O) groups excluding carboxylic acids is 1. The first-order valence-electron chi connectivity index (χ1n) is 7.85. The number of hydrogen-bond donors (Lipinski definition) is 2. The van der Waals surface area contributed by atoms with Crippen molar-refractivity contribution in [1.82, 2.24) is 5.32 Å². The summed E-state index contributed by atoms with van der Waals surface area (Å²) in [7, 11) is 0. The summed E-state index contributed by atoms with van der Waals surface area (Å²) in [4.78, 5) is 12.0. The van der Waals surface area contributed by atoms with Crippen LogP contribution in [0.1, 0.15) is 36.1 Å². The van der Waals surface area contributed by atoms with Crippen LogP contribution in [0.2, 0.25) is 0 Å². The van der Waals surface area contributed by atoms with Crippen molar-refractivity contribution in [1.29, 1.82) is 0 Å². The van der Waals surface area contributed by atoms with Gasteiger partial charge in [0, 0.05) is 13.2 Å². The lowest BCUT2D eigenvalue weighted by Gasteiger charge is -2.13. The molecule has 0 bridgehead atoms. The van der Waals surface area contributed by atoms with Gasteiger partial charge in [-0.2, -0.15) is 0 Å². The minimum absolute atomic E-state index is 0.0532. The van der Waals surface area contributed by atoms with Gasteiger partial charge in [-0.05, 0) is 23.6 Å². The third kappa shape index (κ3) is 5.51. The van der Waals surface area contributed by atoms with Gasteiger partial charge in [0.2, 0.25) is 5.91 Å². The lowest BCUT2D eigenvalue weighted by atomic mass is 10.1. The van der Waals surface area contributed by atoms with E-state index in [0.717, 1.165) is 16.7 Å². The zero-order valence-electron chi connectivity index (χ0n) is 13.4. The highest BCUT2D eigenvalue weighted by Crippen LogP contribution is 2.16. The number of aliphatic hydroxyl groups is 1. The van der Waals surface area contributed by atoms with Crippen molar-refractivity contribution in [2.24, 2.45) is 0 Å². The summed E-state index contributed by atoms with van der Waals surface area (Å²) in [5.74, 6) is -0.174. The molecule has 122 valence electrons. The van der Waals surface area contributed by atoms with Crippen LogP contribution in [0.5, 0.6) is 0 Å². The van der Waals surface area contributed by atoms with Gasteiger partial charge in [0.15, 0.2) is 0 Å². The van der Waals surface area contributed by atoms with Gasteiger partial charge in [-0.15, -0.1) is 0 Å². The fourth-order valence-electron chi connectivity index (χ4n) is 2.32. The number of carbonyl (C=O) groups is 1. The summed E-state index contributed by atoms with van der Waals surface area (Å²) in [5.41, 5.74) is 2.85. The molecule has 2 rings (SSSR count).